The van der Waals surface area contributed by atoms with Gasteiger partial charge < -0.3 is 15.5 Å². The Kier molecular flexibility index (Phi) is 6.41. The number of nitrogens with zero attached hydrogens (tertiary/aromatic N) is 2. The zero-order chi connectivity index (χ0) is 19.3. The molecule has 2 rings (SSSR count). The standard InChI is InChI=1S/C16H21F3N4O3/c1-20-12-5-8-22(9-6-12)15(24)4-7-21-13-3-2-11(16(17,18)19)10-14(13)23(25)26/h2-3,10,12,20-21H,4-9H2,1H3. The van der Waals surface area contributed by atoms with Gasteiger partial charge in [-0.15, -0.1) is 0 Å². The van der Waals surface area contributed by atoms with E-state index in [0.29, 0.717) is 25.2 Å². The summed E-state index contributed by atoms with van der Waals surface area (Å²) in [6.07, 6.45) is -2.82. The highest BCUT2D eigenvalue weighted by molar-refractivity contribution is 5.77. The molecule has 0 saturated carbocycles. The van der Waals surface area contributed by atoms with Crippen molar-refractivity contribution in [2.24, 2.45) is 0 Å². The summed E-state index contributed by atoms with van der Waals surface area (Å²) in [5, 5.41) is 16.9. The minimum Gasteiger partial charge on any atom is -0.379 e. The number of hydrogen-bond donors (Lipinski definition) is 2. The Morgan fingerprint density at radius 1 is 1.35 bits per heavy atom. The molecule has 1 aromatic rings. The van der Waals surface area contributed by atoms with Gasteiger partial charge in [0.25, 0.3) is 5.69 Å². The number of carbonyl (C=O) groups is 1. The zero-order valence-corrected chi connectivity index (χ0v) is 14.3. The van der Waals surface area contributed by atoms with Crippen molar-refractivity contribution in [1.29, 1.82) is 0 Å². The van der Waals surface area contributed by atoms with Gasteiger partial charge in [0.15, 0.2) is 0 Å². The summed E-state index contributed by atoms with van der Waals surface area (Å²) in [6, 6.07) is 2.68. The average Bonchev–Trinajstić information content (AvgIpc) is 2.60. The molecule has 7 nitrogen and oxygen atoms in total. The molecular formula is C16H21F3N4O3. The van der Waals surface area contributed by atoms with Crippen LogP contribution in [0.15, 0.2) is 18.2 Å². The van der Waals surface area contributed by atoms with Gasteiger partial charge in [0.1, 0.15) is 5.69 Å². The van der Waals surface area contributed by atoms with E-state index in [1.54, 1.807) is 4.90 Å². The lowest BCUT2D eigenvalue weighted by atomic mass is 10.1. The first-order valence-electron chi connectivity index (χ1n) is 8.27. The molecule has 2 N–H and O–H groups in total. The number of benzene rings is 1. The topological polar surface area (TPSA) is 87.5 Å². The lowest BCUT2D eigenvalue weighted by molar-refractivity contribution is -0.384. The number of nitro groups is 1. The molecule has 0 unspecified atom stereocenters. The van der Waals surface area contributed by atoms with Gasteiger partial charge in [-0.3, -0.25) is 14.9 Å². The first-order chi connectivity index (χ1) is 12.2. The first kappa shape index (κ1) is 20.0. The fraction of sp³-hybridized carbons (Fsp3) is 0.562. The van der Waals surface area contributed by atoms with Gasteiger partial charge in [-0.2, -0.15) is 13.2 Å². The second-order valence-corrected chi connectivity index (χ2v) is 6.11. The Hall–Kier alpha value is -2.36. The predicted molar refractivity (Wildman–Crippen MR) is 89.9 cm³/mol. The molecule has 0 aromatic heterocycles. The van der Waals surface area contributed by atoms with Gasteiger partial charge in [0.2, 0.25) is 5.91 Å². The second kappa shape index (κ2) is 8.35. The van der Waals surface area contributed by atoms with E-state index < -0.39 is 22.4 Å². The van der Waals surface area contributed by atoms with E-state index in [2.05, 4.69) is 10.6 Å². The van der Waals surface area contributed by atoms with E-state index in [-0.39, 0.29) is 24.6 Å². The van der Waals surface area contributed by atoms with Crippen LogP contribution < -0.4 is 10.6 Å². The number of hydrogen-bond acceptors (Lipinski definition) is 5. The number of alkyl halides is 3. The molecule has 1 fully saturated rings. The van der Waals surface area contributed by atoms with Crippen molar-refractivity contribution in [2.75, 3.05) is 32.0 Å². The van der Waals surface area contributed by atoms with Gasteiger partial charge in [-0.05, 0) is 32.0 Å². The quantitative estimate of drug-likeness (QED) is 0.590. The third-order valence-corrected chi connectivity index (χ3v) is 4.43. The fourth-order valence-corrected chi connectivity index (χ4v) is 2.89. The maximum Gasteiger partial charge on any atom is 0.416 e. The number of nitro benzene ring substituents is 1. The van der Waals surface area contributed by atoms with Crippen LogP contribution in [0, 0.1) is 10.1 Å². The molecule has 0 spiro atoms. The molecule has 144 valence electrons. The highest BCUT2D eigenvalue weighted by Gasteiger charge is 2.33. The van der Waals surface area contributed by atoms with E-state index in [1.165, 1.54) is 0 Å². The summed E-state index contributed by atoms with van der Waals surface area (Å²) in [7, 11) is 1.88. The molecule has 0 aliphatic carbocycles. The Morgan fingerprint density at radius 2 is 2.00 bits per heavy atom. The van der Waals surface area contributed by atoms with Gasteiger partial charge in [-0.1, -0.05) is 0 Å². The summed E-state index contributed by atoms with van der Waals surface area (Å²) >= 11 is 0. The van der Waals surface area contributed by atoms with Crippen LogP contribution in [-0.4, -0.2) is 48.5 Å². The average molecular weight is 374 g/mol. The lowest BCUT2D eigenvalue weighted by Gasteiger charge is -2.31. The minimum absolute atomic E-state index is 0.0373. The van der Waals surface area contributed by atoms with Crippen molar-refractivity contribution in [3.05, 3.63) is 33.9 Å². The highest BCUT2D eigenvalue weighted by atomic mass is 19.4. The largest absolute Gasteiger partial charge is 0.416 e. The van der Waals surface area contributed by atoms with Crippen molar-refractivity contribution in [2.45, 2.75) is 31.5 Å². The maximum atomic E-state index is 12.7. The van der Waals surface area contributed by atoms with E-state index in [9.17, 15) is 28.1 Å². The molecule has 1 amide bonds. The number of halogens is 3. The van der Waals surface area contributed by atoms with Crippen LogP contribution in [0.25, 0.3) is 0 Å². The van der Waals surface area contributed by atoms with Crippen LogP contribution in [0.2, 0.25) is 0 Å². The number of likely N-dealkylation sites (tertiary alicyclic amines) is 1. The zero-order valence-electron chi connectivity index (χ0n) is 14.3. The molecule has 0 radical (unpaired) electrons. The molecule has 1 aromatic carbocycles. The molecule has 1 aliphatic heterocycles. The third-order valence-electron chi connectivity index (χ3n) is 4.43. The summed E-state index contributed by atoms with van der Waals surface area (Å²) in [5.74, 6) is -0.0818. The van der Waals surface area contributed by atoms with E-state index in [4.69, 9.17) is 0 Å². The first-order valence-corrected chi connectivity index (χ1v) is 8.27. The molecule has 10 heteroatoms. The van der Waals surface area contributed by atoms with Crippen molar-refractivity contribution in [3.63, 3.8) is 0 Å². The van der Waals surface area contributed by atoms with E-state index >= 15 is 0 Å². The van der Waals surface area contributed by atoms with Crippen molar-refractivity contribution >= 4 is 17.3 Å². The normalized spacial score (nSPS) is 15.8. The number of anilines is 1. The van der Waals surface area contributed by atoms with Gasteiger partial charge in [-0.25, -0.2) is 0 Å². The van der Waals surface area contributed by atoms with Crippen LogP contribution in [0.3, 0.4) is 0 Å². The molecule has 1 saturated heterocycles. The molecule has 1 heterocycles. The summed E-state index contributed by atoms with van der Waals surface area (Å²) in [4.78, 5) is 24.1. The van der Waals surface area contributed by atoms with E-state index in [1.807, 2.05) is 7.05 Å². The van der Waals surface area contributed by atoms with Crippen molar-refractivity contribution in [3.8, 4) is 0 Å². The summed E-state index contributed by atoms with van der Waals surface area (Å²) in [6.45, 7) is 1.40. The second-order valence-electron chi connectivity index (χ2n) is 6.11. The minimum atomic E-state index is -4.65. The smallest absolute Gasteiger partial charge is 0.379 e. The molecule has 0 atom stereocenters. The highest BCUT2D eigenvalue weighted by Crippen LogP contribution is 2.34. The van der Waals surface area contributed by atoms with Gasteiger partial charge in [0.05, 0.1) is 10.5 Å². The van der Waals surface area contributed by atoms with Crippen molar-refractivity contribution < 1.29 is 22.9 Å². The van der Waals surface area contributed by atoms with Crippen LogP contribution in [0.5, 0.6) is 0 Å². The van der Waals surface area contributed by atoms with Gasteiger partial charge >= 0.3 is 6.18 Å². The molecule has 0 bridgehead atoms. The molecule has 26 heavy (non-hydrogen) atoms. The van der Waals surface area contributed by atoms with Crippen molar-refractivity contribution in [1.82, 2.24) is 10.2 Å². The predicted octanol–water partition coefficient (Wildman–Crippen LogP) is 2.63. The van der Waals surface area contributed by atoms with Crippen LogP contribution in [0.1, 0.15) is 24.8 Å². The Labute approximate surface area is 148 Å². The number of piperidine rings is 1. The number of rotatable bonds is 6. The maximum absolute atomic E-state index is 12.7. The number of nitrogens with one attached hydrogen (secondary N) is 2. The SMILES string of the molecule is CNC1CCN(C(=O)CCNc2ccc(C(F)(F)F)cc2[N+](=O)[O-])CC1. The van der Waals surface area contributed by atoms with Crippen LogP contribution in [-0.2, 0) is 11.0 Å². The Morgan fingerprint density at radius 3 is 2.54 bits per heavy atom. The van der Waals surface area contributed by atoms with Crippen LogP contribution >= 0.6 is 0 Å². The number of amides is 1. The Balaban J connectivity index is 1.93. The van der Waals surface area contributed by atoms with Gasteiger partial charge in [0, 0.05) is 38.2 Å². The summed E-state index contributed by atoms with van der Waals surface area (Å²) in [5.41, 5.74) is -1.79. The summed E-state index contributed by atoms with van der Waals surface area (Å²) < 4.78 is 38.0. The monoisotopic (exact) mass is 374 g/mol. The lowest BCUT2D eigenvalue weighted by Crippen LogP contribution is -2.44. The fourth-order valence-electron chi connectivity index (χ4n) is 2.89. The van der Waals surface area contributed by atoms with Crippen LogP contribution in [0.4, 0.5) is 24.5 Å². The number of carbonyl (C=O) groups excluding carboxylic acids is 1. The molecular weight excluding hydrogens is 353 g/mol. The molecule has 1 aliphatic rings. The Bertz CT molecular complexity index is 659. The third kappa shape index (κ3) is 5.07. The van der Waals surface area contributed by atoms with E-state index in [0.717, 1.165) is 25.0 Å².